The predicted octanol–water partition coefficient (Wildman–Crippen LogP) is 1.13. The number of hydrogen-bond acceptors (Lipinski definition) is 3. The van der Waals surface area contributed by atoms with E-state index in [4.69, 9.17) is 5.41 Å². The van der Waals surface area contributed by atoms with Crippen LogP contribution in [0.25, 0.3) is 0 Å². The number of nitrogens with zero attached hydrogens (tertiary/aromatic N) is 1. The highest BCUT2D eigenvalue weighted by Gasteiger charge is 2.32. The maximum absolute atomic E-state index is 7.21. The highest BCUT2D eigenvalue weighted by molar-refractivity contribution is 14.0. The first-order valence-electron chi connectivity index (χ1n) is 3.70. The molecule has 1 aliphatic heterocycles. The quantitative estimate of drug-likeness (QED) is 0.254. The van der Waals surface area contributed by atoms with Crippen LogP contribution in [0.1, 0.15) is 13.8 Å². The van der Waals surface area contributed by atoms with Crippen molar-refractivity contribution < 1.29 is 0 Å². The molecule has 0 radical (unpaired) electrons. The molecule has 0 saturated heterocycles. The van der Waals surface area contributed by atoms with Crippen LogP contribution >= 0.6 is 36.6 Å². The highest BCUT2D eigenvalue weighted by atomic mass is 127. The standard InChI is InChI=1S/C7H14N4S.HI/c1-5-4-7(2,9-6(8)12)11(3)10-5;/h4,10H,1-3H3,(H3,8,9,12);1H. The first kappa shape index (κ1) is 13.1. The van der Waals surface area contributed by atoms with Gasteiger partial charge >= 0.3 is 0 Å². The average Bonchev–Trinajstić information content (AvgIpc) is 2.04. The van der Waals surface area contributed by atoms with Gasteiger partial charge in [-0.05, 0) is 19.9 Å². The van der Waals surface area contributed by atoms with E-state index in [2.05, 4.69) is 23.4 Å². The van der Waals surface area contributed by atoms with Crippen molar-refractivity contribution in [1.29, 1.82) is 5.41 Å². The molecule has 6 heteroatoms. The summed E-state index contributed by atoms with van der Waals surface area (Å²) in [7, 11) is 1.91. The van der Waals surface area contributed by atoms with Crippen molar-refractivity contribution in [2.45, 2.75) is 19.5 Å². The second-order valence-electron chi connectivity index (χ2n) is 3.12. The average molecular weight is 314 g/mol. The Morgan fingerprint density at radius 1 is 1.77 bits per heavy atom. The van der Waals surface area contributed by atoms with Crippen molar-refractivity contribution in [3.63, 3.8) is 0 Å². The van der Waals surface area contributed by atoms with Crippen molar-refractivity contribution in [2.24, 2.45) is 0 Å². The number of nitrogens with one attached hydrogen (secondary N) is 3. The molecule has 1 rings (SSSR count). The van der Waals surface area contributed by atoms with Gasteiger partial charge in [0.15, 0.2) is 5.17 Å². The van der Waals surface area contributed by atoms with Gasteiger partial charge in [-0.1, -0.05) is 0 Å². The Bertz CT molecular complexity index is 243. The fourth-order valence-electron chi connectivity index (χ4n) is 1.29. The van der Waals surface area contributed by atoms with Crippen molar-refractivity contribution in [3.8, 4) is 0 Å². The normalized spacial score (nSPS) is 27.2. The summed E-state index contributed by atoms with van der Waals surface area (Å²) in [5.41, 5.74) is 3.84. The van der Waals surface area contributed by atoms with Gasteiger partial charge in [-0.15, -0.1) is 36.6 Å². The van der Waals surface area contributed by atoms with E-state index >= 15 is 0 Å². The summed E-state index contributed by atoms with van der Waals surface area (Å²) in [5.74, 6) is 0. The first-order chi connectivity index (χ1) is 5.44. The fourth-order valence-corrected chi connectivity index (χ4v) is 1.52. The highest BCUT2D eigenvalue weighted by Crippen LogP contribution is 2.18. The van der Waals surface area contributed by atoms with Crippen LogP contribution in [0.15, 0.2) is 11.8 Å². The monoisotopic (exact) mass is 314 g/mol. The van der Waals surface area contributed by atoms with Crippen molar-refractivity contribution in [2.75, 3.05) is 7.05 Å². The number of rotatable bonds is 1. The summed E-state index contributed by atoms with van der Waals surface area (Å²) in [5, 5.41) is 12.2. The second-order valence-corrected chi connectivity index (χ2v) is 3.57. The van der Waals surface area contributed by atoms with E-state index < -0.39 is 0 Å². The molecule has 1 atom stereocenters. The predicted molar refractivity (Wildman–Crippen MR) is 68.3 cm³/mol. The number of hydrogen-bond donors (Lipinski definition) is 4. The molecule has 0 aliphatic carbocycles. The minimum Gasteiger partial charge on any atom is -0.343 e. The number of amidine groups is 1. The van der Waals surface area contributed by atoms with Crippen LogP contribution in [0, 0.1) is 5.41 Å². The van der Waals surface area contributed by atoms with E-state index in [1.165, 1.54) is 0 Å². The summed E-state index contributed by atoms with van der Waals surface area (Å²) < 4.78 is 0. The van der Waals surface area contributed by atoms with Crippen LogP contribution in [-0.4, -0.2) is 22.9 Å². The van der Waals surface area contributed by atoms with E-state index in [9.17, 15) is 0 Å². The Labute approximate surface area is 101 Å². The Balaban J connectivity index is 0.00000144. The molecule has 0 aromatic heterocycles. The molecule has 76 valence electrons. The Morgan fingerprint density at radius 3 is 2.62 bits per heavy atom. The van der Waals surface area contributed by atoms with E-state index in [0.717, 1.165) is 5.70 Å². The van der Waals surface area contributed by atoms with Gasteiger partial charge in [0, 0.05) is 12.7 Å². The number of allylic oxidation sites excluding steroid dienone is 1. The molecule has 13 heavy (non-hydrogen) atoms. The molecule has 0 fully saturated rings. The van der Waals surface area contributed by atoms with E-state index in [1.807, 2.05) is 32.0 Å². The van der Waals surface area contributed by atoms with Gasteiger partial charge in [0.25, 0.3) is 0 Å². The number of likely N-dealkylation sites (N-methyl/N-ethyl adjacent to an activating group) is 1. The van der Waals surface area contributed by atoms with E-state index in [0.29, 0.717) is 0 Å². The molecule has 0 amide bonds. The summed E-state index contributed by atoms with van der Waals surface area (Å²) in [6.45, 7) is 3.95. The summed E-state index contributed by atoms with van der Waals surface area (Å²) in [6, 6.07) is 0. The molecule has 0 aromatic carbocycles. The van der Waals surface area contributed by atoms with Crippen molar-refractivity contribution >= 4 is 41.8 Å². The Morgan fingerprint density at radius 2 is 2.31 bits per heavy atom. The van der Waals surface area contributed by atoms with Gasteiger partial charge in [-0.2, -0.15) is 5.01 Å². The molecule has 1 unspecified atom stereocenters. The van der Waals surface area contributed by atoms with Gasteiger partial charge in [-0.3, -0.25) is 5.41 Å². The third kappa shape index (κ3) is 3.03. The SMILES string of the molecule is CC1=CC(C)(NC(=N)S)N(C)N1.I. The van der Waals surface area contributed by atoms with Crippen molar-refractivity contribution in [3.05, 3.63) is 11.8 Å². The summed E-state index contributed by atoms with van der Waals surface area (Å²) >= 11 is 3.89. The summed E-state index contributed by atoms with van der Waals surface area (Å²) in [6.07, 6.45) is 2.01. The molecule has 0 bridgehead atoms. The zero-order chi connectivity index (χ0) is 9.35. The second kappa shape index (κ2) is 4.52. The van der Waals surface area contributed by atoms with Crippen molar-refractivity contribution in [1.82, 2.24) is 15.8 Å². The van der Waals surface area contributed by atoms with Gasteiger partial charge < -0.3 is 10.7 Å². The van der Waals surface area contributed by atoms with E-state index in [1.54, 1.807) is 0 Å². The topological polar surface area (TPSA) is 51.2 Å². The number of halogens is 1. The van der Waals surface area contributed by atoms with Gasteiger partial charge in [0.1, 0.15) is 5.66 Å². The molecule has 1 heterocycles. The summed E-state index contributed by atoms with van der Waals surface area (Å²) in [4.78, 5) is 0. The zero-order valence-electron chi connectivity index (χ0n) is 7.88. The lowest BCUT2D eigenvalue weighted by Gasteiger charge is -2.31. The lowest BCUT2D eigenvalue weighted by Crippen LogP contribution is -2.55. The number of hydrazine groups is 1. The van der Waals surface area contributed by atoms with E-state index in [-0.39, 0.29) is 34.8 Å². The molecule has 0 aromatic rings. The largest absolute Gasteiger partial charge is 0.343 e. The molecular weight excluding hydrogens is 299 g/mol. The Hall–Kier alpha value is 0.0500. The molecular formula is C7H15IN4S. The van der Waals surface area contributed by atoms with Gasteiger partial charge in [-0.25, -0.2) is 0 Å². The molecule has 1 aliphatic rings. The lowest BCUT2D eigenvalue weighted by atomic mass is 10.2. The van der Waals surface area contributed by atoms with Crippen LogP contribution in [-0.2, 0) is 0 Å². The maximum Gasteiger partial charge on any atom is 0.152 e. The minimum atomic E-state index is -0.344. The lowest BCUT2D eigenvalue weighted by molar-refractivity contribution is 0.148. The van der Waals surface area contributed by atoms with Gasteiger partial charge in [0.2, 0.25) is 0 Å². The number of thiol groups is 1. The molecule has 0 saturated carbocycles. The minimum absolute atomic E-state index is 0. The van der Waals surface area contributed by atoms with Crippen LogP contribution in [0.5, 0.6) is 0 Å². The van der Waals surface area contributed by atoms with Crippen LogP contribution in [0.3, 0.4) is 0 Å². The molecule has 4 nitrogen and oxygen atoms in total. The third-order valence-electron chi connectivity index (χ3n) is 1.91. The smallest absolute Gasteiger partial charge is 0.152 e. The Kier molecular flexibility index (Phi) is 4.53. The first-order valence-corrected chi connectivity index (χ1v) is 4.14. The van der Waals surface area contributed by atoms with Crippen LogP contribution < -0.4 is 10.7 Å². The zero-order valence-corrected chi connectivity index (χ0v) is 11.1. The maximum atomic E-state index is 7.21. The third-order valence-corrected chi connectivity index (χ3v) is 2.02. The van der Waals surface area contributed by atoms with Crippen LogP contribution in [0.4, 0.5) is 0 Å². The fraction of sp³-hybridized carbons (Fsp3) is 0.571. The molecule has 3 N–H and O–H groups in total. The molecule has 0 spiro atoms. The van der Waals surface area contributed by atoms with Crippen LogP contribution in [0.2, 0.25) is 0 Å². The van der Waals surface area contributed by atoms with Gasteiger partial charge in [0.05, 0.1) is 0 Å².